The predicted molar refractivity (Wildman–Crippen MR) is 70.2 cm³/mol. The highest BCUT2D eigenvalue weighted by Crippen LogP contribution is 2.20. The maximum Gasteiger partial charge on any atom is 0.0933 e. The second-order valence-corrected chi connectivity index (χ2v) is 5.86. The molecule has 0 saturated carbocycles. The lowest BCUT2D eigenvalue weighted by atomic mass is 9.91. The average molecular weight is 244 g/mol. The van der Waals surface area contributed by atoms with Crippen molar-refractivity contribution < 1.29 is 9.84 Å². The van der Waals surface area contributed by atoms with Gasteiger partial charge in [0.15, 0.2) is 0 Å². The Morgan fingerprint density at radius 3 is 2.76 bits per heavy atom. The van der Waals surface area contributed by atoms with Gasteiger partial charge in [-0.15, -0.1) is 0 Å². The second kappa shape index (κ2) is 6.69. The highest BCUT2D eigenvalue weighted by molar-refractivity contribution is 4.83. The van der Waals surface area contributed by atoms with E-state index in [1.807, 2.05) is 0 Å². The number of morpholine rings is 1. The van der Waals surface area contributed by atoms with E-state index in [0.29, 0.717) is 6.04 Å². The Balaban J connectivity index is 2.46. The molecule has 2 atom stereocenters. The molecule has 0 aromatic heterocycles. The lowest BCUT2D eigenvalue weighted by Gasteiger charge is -2.41. The molecule has 0 bridgehead atoms. The summed E-state index contributed by atoms with van der Waals surface area (Å²) in [5.41, 5.74) is 0.252. The molecule has 2 N–H and O–H groups in total. The van der Waals surface area contributed by atoms with Crippen LogP contribution in [0.2, 0.25) is 0 Å². The maximum atomic E-state index is 9.17. The molecule has 102 valence electrons. The van der Waals surface area contributed by atoms with Crippen LogP contribution < -0.4 is 5.32 Å². The molecule has 1 saturated heterocycles. The zero-order valence-corrected chi connectivity index (χ0v) is 11.7. The van der Waals surface area contributed by atoms with E-state index >= 15 is 0 Å². The Labute approximate surface area is 105 Å². The van der Waals surface area contributed by atoms with E-state index in [1.165, 1.54) is 0 Å². The topological polar surface area (TPSA) is 44.7 Å². The summed E-state index contributed by atoms with van der Waals surface area (Å²) >= 11 is 0. The summed E-state index contributed by atoms with van der Waals surface area (Å²) in [5, 5.41) is 12.6. The standard InChI is InChI=1S/C13H28N2O2/c1-5-14-9-13(3,4)10-15-6-12(7-16)17-8-11(15)2/h11-12,14,16H,5-10H2,1-4H3. The molecule has 1 fully saturated rings. The zero-order chi connectivity index (χ0) is 12.9. The fraction of sp³-hybridized carbons (Fsp3) is 1.00. The van der Waals surface area contributed by atoms with Gasteiger partial charge in [-0.25, -0.2) is 0 Å². The molecule has 0 radical (unpaired) electrons. The number of aliphatic hydroxyl groups is 1. The molecule has 0 aliphatic carbocycles. The van der Waals surface area contributed by atoms with Crippen molar-refractivity contribution in [1.29, 1.82) is 0 Å². The smallest absolute Gasteiger partial charge is 0.0933 e. The summed E-state index contributed by atoms with van der Waals surface area (Å²) in [6.07, 6.45) is -0.0128. The first-order chi connectivity index (χ1) is 7.98. The zero-order valence-electron chi connectivity index (χ0n) is 11.7. The molecule has 0 aromatic carbocycles. The van der Waals surface area contributed by atoms with Crippen molar-refractivity contribution in [2.45, 2.75) is 39.8 Å². The molecular formula is C13H28N2O2. The Morgan fingerprint density at radius 1 is 1.47 bits per heavy atom. The number of aliphatic hydroxyl groups excluding tert-OH is 1. The van der Waals surface area contributed by atoms with Gasteiger partial charge < -0.3 is 15.2 Å². The van der Waals surface area contributed by atoms with Gasteiger partial charge in [-0.2, -0.15) is 0 Å². The Bertz CT molecular complexity index is 221. The van der Waals surface area contributed by atoms with Gasteiger partial charge in [0, 0.05) is 25.7 Å². The lowest BCUT2D eigenvalue weighted by Crippen LogP contribution is -2.53. The Hall–Kier alpha value is -0.160. The van der Waals surface area contributed by atoms with Crippen molar-refractivity contribution >= 4 is 0 Å². The van der Waals surface area contributed by atoms with Crippen LogP contribution in [0, 0.1) is 5.41 Å². The molecular weight excluding hydrogens is 216 g/mol. The van der Waals surface area contributed by atoms with Crippen molar-refractivity contribution in [3.05, 3.63) is 0 Å². The fourth-order valence-corrected chi connectivity index (χ4v) is 2.27. The quantitative estimate of drug-likeness (QED) is 0.722. The van der Waals surface area contributed by atoms with Crippen molar-refractivity contribution in [2.75, 3.05) is 39.4 Å². The molecule has 1 rings (SSSR count). The van der Waals surface area contributed by atoms with Crippen LogP contribution in [0.3, 0.4) is 0 Å². The summed E-state index contributed by atoms with van der Waals surface area (Å²) in [7, 11) is 0. The normalized spacial score (nSPS) is 27.4. The number of rotatable bonds is 6. The fourth-order valence-electron chi connectivity index (χ4n) is 2.27. The average Bonchev–Trinajstić information content (AvgIpc) is 2.29. The second-order valence-electron chi connectivity index (χ2n) is 5.86. The molecule has 17 heavy (non-hydrogen) atoms. The first-order valence-electron chi connectivity index (χ1n) is 6.65. The number of hydrogen-bond acceptors (Lipinski definition) is 4. The number of nitrogens with one attached hydrogen (secondary N) is 1. The van der Waals surface area contributed by atoms with Crippen molar-refractivity contribution in [3.63, 3.8) is 0 Å². The van der Waals surface area contributed by atoms with Crippen molar-refractivity contribution in [1.82, 2.24) is 10.2 Å². The van der Waals surface area contributed by atoms with E-state index in [4.69, 9.17) is 4.74 Å². The van der Waals surface area contributed by atoms with Crippen LogP contribution in [0.15, 0.2) is 0 Å². The van der Waals surface area contributed by atoms with Gasteiger partial charge in [0.25, 0.3) is 0 Å². The van der Waals surface area contributed by atoms with Crippen LogP contribution in [0.4, 0.5) is 0 Å². The Morgan fingerprint density at radius 2 is 2.18 bits per heavy atom. The van der Waals surface area contributed by atoms with Crippen LogP contribution in [0.5, 0.6) is 0 Å². The first kappa shape index (κ1) is 14.9. The monoisotopic (exact) mass is 244 g/mol. The first-order valence-corrected chi connectivity index (χ1v) is 6.65. The van der Waals surface area contributed by atoms with Gasteiger partial charge in [-0.1, -0.05) is 20.8 Å². The van der Waals surface area contributed by atoms with E-state index in [9.17, 15) is 5.11 Å². The van der Waals surface area contributed by atoms with Crippen LogP contribution in [-0.4, -0.2) is 61.5 Å². The third kappa shape index (κ3) is 4.92. The van der Waals surface area contributed by atoms with Gasteiger partial charge in [-0.3, -0.25) is 4.90 Å². The highest BCUT2D eigenvalue weighted by Gasteiger charge is 2.30. The van der Waals surface area contributed by atoms with Gasteiger partial charge >= 0.3 is 0 Å². The largest absolute Gasteiger partial charge is 0.394 e. The number of hydrogen-bond donors (Lipinski definition) is 2. The van der Waals surface area contributed by atoms with Crippen molar-refractivity contribution in [3.8, 4) is 0 Å². The maximum absolute atomic E-state index is 9.17. The summed E-state index contributed by atoms with van der Waals surface area (Å²) in [6.45, 7) is 13.7. The minimum absolute atomic E-state index is 0.0128. The minimum Gasteiger partial charge on any atom is -0.394 e. The van der Waals surface area contributed by atoms with Crippen molar-refractivity contribution in [2.24, 2.45) is 5.41 Å². The van der Waals surface area contributed by atoms with E-state index < -0.39 is 0 Å². The minimum atomic E-state index is -0.0128. The molecule has 1 aliphatic rings. The molecule has 1 heterocycles. The molecule has 0 aromatic rings. The van der Waals surface area contributed by atoms with Crippen LogP contribution >= 0.6 is 0 Å². The predicted octanol–water partition coefficient (Wildman–Crippen LogP) is 0.704. The van der Waals surface area contributed by atoms with Crippen LogP contribution in [0.25, 0.3) is 0 Å². The van der Waals surface area contributed by atoms with Crippen LogP contribution in [0.1, 0.15) is 27.7 Å². The Kier molecular flexibility index (Phi) is 5.86. The summed E-state index contributed by atoms with van der Waals surface area (Å²) < 4.78 is 5.56. The van der Waals surface area contributed by atoms with Gasteiger partial charge in [0.05, 0.1) is 19.3 Å². The number of ether oxygens (including phenoxy) is 1. The van der Waals surface area contributed by atoms with Gasteiger partial charge in [-0.05, 0) is 18.9 Å². The molecule has 0 spiro atoms. The summed E-state index contributed by atoms with van der Waals surface area (Å²) in [6, 6.07) is 0.443. The number of nitrogens with zero attached hydrogens (tertiary/aromatic N) is 1. The third-order valence-corrected chi connectivity index (χ3v) is 3.32. The highest BCUT2D eigenvalue weighted by atomic mass is 16.5. The molecule has 4 heteroatoms. The lowest BCUT2D eigenvalue weighted by molar-refractivity contribution is -0.0858. The van der Waals surface area contributed by atoms with Crippen LogP contribution in [-0.2, 0) is 4.74 Å². The molecule has 1 aliphatic heterocycles. The van der Waals surface area contributed by atoms with E-state index in [0.717, 1.165) is 32.8 Å². The van der Waals surface area contributed by atoms with Gasteiger partial charge in [0.2, 0.25) is 0 Å². The summed E-state index contributed by atoms with van der Waals surface area (Å²) in [4.78, 5) is 2.43. The SMILES string of the molecule is CCNCC(C)(C)CN1CC(CO)OCC1C. The van der Waals surface area contributed by atoms with Gasteiger partial charge in [0.1, 0.15) is 0 Å². The molecule has 2 unspecified atom stereocenters. The third-order valence-electron chi connectivity index (χ3n) is 3.32. The van der Waals surface area contributed by atoms with E-state index in [2.05, 4.69) is 37.9 Å². The molecule has 4 nitrogen and oxygen atoms in total. The van der Waals surface area contributed by atoms with E-state index in [1.54, 1.807) is 0 Å². The summed E-state index contributed by atoms with van der Waals surface area (Å²) in [5.74, 6) is 0. The van der Waals surface area contributed by atoms with E-state index in [-0.39, 0.29) is 18.1 Å². The molecule has 0 amide bonds.